The maximum Gasteiger partial charge on any atom is 0.304 e. The van der Waals surface area contributed by atoms with Crippen LogP contribution in [0.4, 0.5) is 0 Å². The average molecular weight is 433 g/mol. The lowest BCUT2D eigenvalue weighted by atomic mass is 9.99. The minimum Gasteiger partial charge on any atom is -0.334 e. The largest absolute Gasteiger partial charge is 0.334 e. The summed E-state index contributed by atoms with van der Waals surface area (Å²) in [4.78, 5) is 25.8. The lowest BCUT2D eigenvalue weighted by molar-refractivity contribution is -0.596. The van der Waals surface area contributed by atoms with Crippen LogP contribution in [0.3, 0.4) is 0 Å². The van der Waals surface area contributed by atoms with E-state index in [9.17, 15) is 9.59 Å². The van der Waals surface area contributed by atoms with E-state index in [4.69, 9.17) is 11.6 Å². The first kappa shape index (κ1) is 20.8. The summed E-state index contributed by atoms with van der Waals surface area (Å²) >= 11 is 6.07. The first-order chi connectivity index (χ1) is 14.9. The second-order valence-corrected chi connectivity index (χ2v) is 8.12. The lowest BCUT2D eigenvalue weighted by Gasteiger charge is -2.15. The minimum atomic E-state index is -0.768. The summed E-state index contributed by atoms with van der Waals surface area (Å²) in [7, 11) is 0. The fraction of sp³-hybridized carbons (Fsp3) is 0.160. The molecule has 2 N–H and O–H groups in total. The molecule has 4 rings (SSSR count). The SMILES string of the molecule is Cc1ccc(C(=O)N[C@H]2C(=O)N/[N+](=C\c3ccccc3C)[C@@H]2c2ccc(Cl)cc2)cc1. The molecule has 156 valence electrons. The third kappa shape index (κ3) is 4.52. The van der Waals surface area contributed by atoms with E-state index in [1.165, 1.54) is 0 Å². The van der Waals surface area contributed by atoms with Crippen LogP contribution in [0.1, 0.15) is 38.7 Å². The van der Waals surface area contributed by atoms with Gasteiger partial charge in [0, 0.05) is 21.7 Å². The summed E-state index contributed by atoms with van der Waals surface area (Å²) in [5, 5.41) is 3.52. The summed E-state index contributed by atoms with van der Waals surface area (Å²) in [6.45, 7) is 3.97. The monoisotopic (exact) mass is 432 g/mol. The molecule has 2 amide bonds. The Morgan fingerprint density at radius 1 is 1.00 bits per heavy atom. The normalized spacial score (nSPS) is 19.3. The van der Waals surface area contributed by atoms with Crippen LogP contribution in [0.5, 0.6) is 0 Å². The van der Waals surface area contributed by atoms with Crippen molar-refractivity contribution in [3.63, 3.8) is 0 Å². The highest BCUT2D eigenvalue weighted by Gasteiger charge is 2.47. The van der Waals surface area contributed by atoms with Crippen molar-refractivity contribution in [3.05, 3.63) is 106 Å². The van der Waals surface area contributed by atoms with Gasteiger partial charge in [-0.3, -0.25) is 9.59 Å². The first-order valence-corrected chi connectivity index (χ1v) is 10.4. The number of amides is 2. The molecule has 2 atom stereocenters. The number of rotatable bonds is 4. The zero-order valence-electron chi connectivity index (χ0n) is 17.3. The molecule has 0 aliphatic carbocycles. The Kier molecular flexibility index (Phi) is 5.87. The Balaban J connectivity index is 1.71. The molecule has 0 bridgehead atoms. The van der Waals surface area contributed by atoms with Crippen LogP contribution >= 0.6 is 11.6 Å². The summed E-state index contributed by atoms with van der Waals surface area (Å²) in [6.07, 6.45) is 1.89. The van der Waals surface area contributed by atoms with Gasteiger partial charge in [0.2, 0.25) is 12.3 Å². The molecule has 1 fully saturated rings. The maximum atomic E-state index is 12.9. The predicted molar refractivity (Wildman–Crippen MR) is 121 cm³/mol. The van der Waals surface area contributed by atoms with Gasteiger partial charge in [-0.05, 0) is 49.7 Å². The Labute approximate surface area is 186 Å². The number of hydrogen-bond donors (Lipinski definition) is 2. The van der Waals surface area contributed by atoms with Crippen molar-refractivity contribution >= 4 is 29.6 Å². The van der Waals surface area contributed by atoms with E-state index in [-0.39, 0.29) is 11.8 Å². The molecule has 1 heterocycles. The molecule has 6 heteroatoms. The van der Waals surface area contributed by atoms with E-state index in [0.29, 0.717) is 10.6 Å². The van der Waals surface area contributed by atoms with Gasteiger partial charge in [0.05, 0.1) is 0 Å². The van der Waals surface area contributed by atoms with Crippen LogP contribution in [0.15, 0.2) is 72.8 Å². The number of benzene rings is 3. The zero-order chi connectivity index (χ0) is 22.0. The van der Waals surface area contributed by atoms with E-state index in [1.807, 2.05) is 68.6 Å². The number of hydrazone groups is 1. The molecule has 0 saturated carbocycles. The predicted octanol–water partition coefficient (Wildman–Crippen LogP) is 3.97. The molecule has 31 heavy (non-hydrogen) atoms. The van der Waals surface area contributed by atoms with Crippen LogP contribution in [-0.4, -0.2) is 28.8 Å². The highest BCUT2D eigenvalue weighted by molar-refractivity contribution is 6.30. The molecule has 3 aromatic carbocycles. The lowest BCUT2D eigenvalue weighted by Crippen LogP contribution is -2.42. The molecule has 1 aliphatic heterocycles. The molecular weight excluding hydrogens is 410 g/mol. The van der Waals surface area contributed by atoms with Crippen molar-refractivity contribution in [1.29, 1.82) is 0 Å². The van der Waals surface area contributed by atoms with E-state index in [0.717, 1.165) is 22.3 Å². The van der Waals surface area contributed by atoms with E-state index < -0.39 is 12.1 Å². The van der Waals surface area contributed by atoms with E-state index in [1.54, 1.807) is 28.9 Å². The van der Waals surface area contributed by atoms with Crippen molar-refractivity contribution in [2.24, 2.45) is 0 Å². The van der Waals surface area contributed by atoms with Gasteiger partial charge in [-0.1, -0.05) is 59.6 Å². The van der Waals surface area contributed by atoms with Crippen molar-refractivity contribution in [2.75, 3.05) is 0 Å². The second-order valence-electron chi connectivity index (χ2n) is 7.68. The van der Waals surface area contributed by atoms with E-state index in [2.05, 4.69) is 10.7 Å². The Hall–Kier alpha value is -3.44. The van der Waals surface area contributed by atoms with Gasteiger partial charge in [0.1, 0.15) is 0 Å². The van der Waals surface area contributed by atoms with Crippen LogP contribution in [0.2, 0.25) is 5.02 Å². The third-order valence-corrected chi connectivity index (χ3v) is 5.67. The number of hydrogen-bond acceptors (Lipinski definition) is 2. The van der Waals surface area contributed by atoms with E-state index >= 15 is 0 Å². The molecule has 3 aromatic rings. The third-order valence-electron chi connectivity index (χ3n) is 5.42. The molecule has 0 spiro atoms. The smallest absolute Gasteiger partial charge is 0.304 e. The van der Waals surface area contributed by atoms with Crippen molar-refractivity contribution < 1.29 is 14.3 Å². The van der Waals surface area contributed by atoms with Gasteiger partial charge >= 0.3 is 5.91 Å². The van der Waals surface area contributed by atoms with Gasteiger partial charge < -0.3 is 5.32 Å². The number of carbonyl (C=O) groups is 2. The summed E-state index contributed by atoms with van der Waals surface area (Å²) < 4.78 is 1.76. The number of hydrazine groups is 1. The first-order valence-electron chi connectivity index (χ1n) is 10.0. The molecule has 1 aliphatic rings. The molecular formula is C25H23ClN3O2+. The molecule has 0 radical (unpaired) electrons. The topological polar surface area (TPSA) is 61.2 Å². The van der Waals surface area contributed by atoms with Gasteiger partial charge in [0.25, 0.3) is 5.91 Å². The van der Waals surface area contributed by atoms with Crippen LogP contribution in [-0.2, 0) is 4.79 Å². The minimum absolute atomic E-state index is 0.273. The van der Waals surface area contributed by atoms with Crippen molar-refractivity contribution in [1.82, 2.24) is 10.7 Å². The fourth-order valence-corrected chi connectivity index (χ4v) is 3.78. The van der Waals surface area contributed by atoms with Crippen LogP contribution < -0.4 is 10.7 Å². The van der Waals surface area contributed by atoms with Gasteiger partial charge in [-0.15, -0.1) is 10.1 Å². The van der Waals surface area contributed by atoms with Crippen molar-refractivity contribution in [2.45, 2.75) is 25.9 Å². The second kappa shape index (κ2) is 8.74. The molecule has 0 aromatic heterocycles. The Bertz CT molecular complexity index is 1150. The van der Waals surface area contributed by atoms with Gasteiger partial charge in [0.15, 0.2) is 6.04 Å². The Morgan fingerprint density at radius 2 is 1.68 bits per heavy atom. The molecule has 5 nitrogen and oxygen atoms in total. The van der Waals surface area contributed by atoms with Gasteiger partial charge in [-0.25, -0.2) is 0 Å². The summed E-state index contributed by atoms with van der Waals surface area (Å²) in [5.41, 5.74) is 7.40. The van der Waals surface area contributed by atoms with Gasteiger partial charge in [-0.2, -0.15) is 0 Å². The quantitative estimate of drug-likeness (QED) is 0.613. The number of carbonyl (C=O) groups excluding carboxylic acids is 2. The highest BCUT2D eigenvalue weighted by Crippen LogP contribution is 2.27. The number of nitrogens with zero attached hydrogens (tertiary/aromatic N) is 1. The van der Waals surface area contributed by atoms with Crippen LogP contribution in [0, 0.1) is 13.8 Å². The average Bonchev–Trinajstić information content (AvgIpc) is 3.05. The summed E-state index contributed by atoms with van der Waals surface area (Å²) in [6, 6.07) is 21.3. The summed E-state index contributed by atoms with van der Waals surface area (Å²) in [5.74, 6) is -0.567. The number of nitrogens with one attached hydrogen (secondary N) is 2. The van der Waals surface area contributed by atoms with Crippen LogP contribution in [0.25, 0.3) is 0 Å². The fourth-order valence-electron chi connectivity index (χ4n) is 3.65. The number of aryl methyl sites for hydroxylation is 2. The zero-order valence-corrected chi connectivity index (χ0v) is 18.1. The highest BCUT2D eigenvalue weighted by atomic mass is 35.5. The van der Waals surface area contributed by atoms with Crippen molar-refractivity contribution in [3.8, 4) is 0 Å². The Morgan fingerprint density at radius 3 is 2.35 bits per heavy atom. The molecule has 0 unspecified atom stereocenters. The number of halogens is 1. The maximum absolute atomic E-state index is 12.9. The standard InChI is InChI=1S/C25H22ClN3O2/c1-16-7-9-19(10-8-16)24(30)27-22-23(18-11-13-21(26)14-12-18)29(28-25(22)31)15-20-6-4-3-5-17(20)2/h3-15,22-23H,1-2H3,(H-,27,28,30,31)/p+1/b29-15-/t22-,23-/m1/s1. The molecule has 1 saturated heterocycles.